The van der Waals surface area contributed by atoms with E-state index in [0.29, 0.717) is 22.5 Å². The molecule has 0 saturated heterocycles. The topological polar surface area (TPSA) is 71.3 Å². The van der Waals surface area contributed by atoms with E-state index in [-0.39, 0.29) is 17.4 Å². The molecule has 0 aliphatic heterocycles. The fourth-order valence-electron chi connectivity index (χ4n) is 5.96. The summed E-state index contributed by atoms with van der Waals surface area (Å²) in [7, 11) is 1.64. The average Bonchev–Trinajstić information content (AvgIpc) is 3.27. The van der Waals surface area contributed by atoms with E-state index in [1.165, 1.54) is 5.56 Å². The van der Waals surface area contributed by atoms with Gasteiger partial charge in [0.25, 0.3) is 11.8 Å². The van der Waals surface area contributed by atoms with Crippen molar-refractivity contribution in [2.24, 2.45) is 5.92 Å². The summed E-state index contributed by atoms with van der Waals surface area (Å²) < 4.78 is 6.33. The zero-order valence-electron chi connectivity index (χ0n) is 21.6. The second-order valence-electron chi connectivity index (χ2n) is 10.6. The number of rotatable bonds is 7. The van der Waals surface area contributed by atoms with Crippen LogP contribution in [0.2, 0.25) is 0 Å². The zero-order valence-corrected chi connectivity index (χ0v) is 21.6. The molecule has 3 aromatic carbocycles. The van der Waals surface area contributed by atoms with Gasteiger partial charge in [0, 0.05) is 29.1 Å². The molecule has 2 N–H and O–H groups in total. The smallest absolute Gasteiger partial charge is 0.255 e. The maximum atomic E-state index is 13.1. The predicted molar refractivity (Wildman–Crippen MR) is 147 cm³/mol. The van der Waals surface area contributed by atoms with Crippen LogP contribution in [0.5, 0.6) is 0 Å². The van der Waals surface area contributed by atoms with E-state index in [1.54, 1.807) is 7.05 Å². The Kier molecular flexibility index (Phi) is 5.67. The van der Waals surface area contributed by atoms with Crippen LogP contribution in [0.15, 0.2) is 65.1 Å². The Morgan fingerprint density at radius 3 is 2.30 bits per heavy atom. The number of amides is 2. The van der Waals surface area contributed by atoms with Gasteiger partial charge in [0.1, 0.15) is 11.3 Å². The normalized spacial score (nSPS) is 19.7. The number of furan rings is 1. The van der Waals surface area contributed by atoms with Gasteiger partial charge in [0.05, 0.1) is 5.56 Å². The van der Waals surface area contributed by atoms with Crippen LogP contribution in [0.1, 0.15) is 65.0 Å². The van der Waals surface area contributed by atoms with Gasteiger partial charge in [0.15, 0.2) is 0 Å². The SMILES string of the molecule is CCc1ccc(-c2oc3cc(CC)c(-c4cccc(C(=O)NC56CC(C5)C6)c4)cc3c2C(=O)NC)cc1. The number of carbonyl (C=O) groups excluding carboxylic acids is 2. The summed E-state index contributed by atoms with van der Waals surface area (Å²) in [5.74, 6) is 1.19. The van der Waals surface area contributed by atoms with Gasteiger partial charge in [-0.15, -0.1) is 0 Å². The van der Waals surface area contributed by atoms with Crippen LogP contribution in [-0.4, -0.2) is 24.4 Å². The Morgan fingerprint density at radius 2 is 1.68 bits per heavy atom. The standard InChI is InChI=1S/C32H32N2O3/c1-4-19-9-11-22(12-10-19)29-28(31(36)33-3)26-15-25(21(5-2)14-27(26)37-29)23-7-6-8-24(13-23)30(35)34-32-16-20(17-32)18-32/h6-15,20H,4-5,16-18H2,1-3H3,(H,33,36)(H,34,35). The van der Waals surface area contributed by atoms with E-state index in [1.807, 2.05) is 48.5 Å². The summed E-state index contributed by atoms with van der Waals surface area (Å²) in [6.45, 7) is 4.23. The molecule has 0 unspecified atom stereocenters. The first-order valence-electron chi connectivity index (χ1n) is 13.3. The molecular formula is C32H32N2O3. The molecule has 37 heavy (non-hydrogen) atoms. The second kappa shape index (κ2) is 8.91. The number of aryl methyl sites for hydroxylation is 2. The first kappa shape index (κ1) is 23.5. The van der Waals surface area contributed by atoms with Crippen LogP contribution in [0, 0.1) is 5.92 Å². The average molecular weight is 493 g/mol. The van der Waals surface area contributed by atoms with E-state index in [0.717, 1.165) is 65.7 Å². The van der Waals surface area contributed by atoms with Crippen molar-refractivity contribution in [3.05, 3.63) is 82.9 Å². The van der Waals surface area contributed by atoms with Gasteiger partial charge in [-0.1, -0.05) is 50.2 Å². The highest BCUT2D eigenvalue weighted by Gasteiger charge is 2.57. The monoisotopic (exact) mass is 492 g/mol. The molecule has 0 radical (unpaired) electrons. The van der Waals surface area contributed by atoms with Gasteiger partial charge < -0.3 is 15.1 Å². The quantitative estimate of drug-likeness (QED) is 0.308. The summed E-state index contributed by atoms with van der Waals surface area (Å²) in [4.78, 5) is 26.1. The van der Waals surface area contributed by atoms with Crippen molar-refractivity contribution < 1.29 is 14.0 Å². The molecular weight excluding hydrogens is 460 g/mol. The number of nitrogens with one attached hydrogen (secondary N) is 2. The van der Waals surface area contributed by atoms with Gasteiger partial charge in [-0.3, -0.25) is 9.59 Å². The lowest BCUT2D eigenvalue weighted by molar-refractivity contribution is -0.0438. The molecule has 2 bridgehead atoms. The lowest BCUT2D eigenvalue weighted by atomic mass is 9.50. The van der Waals surface area contributed by atoms with E-state index >= 15 is 0 Å². The molecule has 7 rings (SSSR count). The highest BCUT2D eigenvalue weighted by atomic mass is 16.3. The maximum Gasteiger partial charge on any atom is 0.255 e. The molecule has 4 aromatic rings. The number of carbonyl (C=O) groups is 2. The lowest BCUT2D eigenvalue weighted by Crippen LogP contribution is -2.68. The van der Waals surface area contributed by atoms with Crippen molar-refractivity contribution in [3.63, 3.8) is 0 Å². The Morgan fingerprint density at radius 1 is 0.919 bits per heavy atom. The van der Waals surface area contributed by atoms with Crippen molar-refractivity contribution in [1.82, 2.24) is 10.6 Å². The maximum absolute atomic E-state index is 13.1. The Hall–Kier alpha value is -3.86. The third kappa shape index (κ3) is 3.93. The summed E-state index contributed by atoms with van der Waals surface area (Å²) in [5.41, 5.74) is 7.10. The molecule has 2 amide bonds. The fraction of sp³-hybridized carbons (Fsp3) is 0.312. The Balaban J connectivity index is 1.44. The number of hydrogen-bond acceptors (Lipinski definition) is 3. The van der Waals surface area contributed by atoms with Crippen molar-refractivity contribution in [3.8, 4) is 22.5 Å². The van der Waals surface area contributed by atoms with Crippen LogP contribution >= 0.6 is 0 Å². The number of hydrogen-bond donors (Lipinski definition) is 2. The molecule has 3 aliphatic carbocycles. The van der Waals surface area contributed by atoms with Crippen LogP contribution in [-0.2, 0) is 12.8 Å². The van der Waals surface area contributed by atoms with Gasteiger partial charge in [-0.2, -0.15) is 0 Å². The van der Waals surface area contributed by atoms with Gasteiger partial charge in [0.2, 0.25) is 0 Å². The minimum atomic E-state index is -0.185. The highest BCUT2D eigenvalue weighted by molar-refractivity contribution is 6.12. The summed E-state index contributed by atoms with van der Waals surface area (Å²) >= 11 is 0. The minimum absolute atomic E-state index is 0.00806. The first-order valence-corrected chi connectivity index (χ1v) is 13.3. The molecule has 3 aliphatic rings. The van der Waals surface area contributed by atoms with Crippen LogP contribution in [0.4, 0.5) is 0 Å². The summed E-state index contributed by atoms with van der Waals surface area (Å²) in [6, 6.07) is 20.1. The van der Waals surface area contributed by atoms with Crippen molar-refractivity contribution in [2.75, 3.05) is 7.05 Å². The molecule has 1 aromatic heterocycles. The van der Waals surface area contributed by atoms with Crippen LogP contribution in [0.25, 0.3) is 33.4 Å². The van der Waals surface area contributed by atoms with Gasteiger partial charge >= 0.3 is 0 Å². The summed E-state index contributed by atoms with van der Waals surface area (Å²) in [5, 5.41) is 6.82. The zero-order chi connectivity index (χ0) is 25.7. The number of fused-ring (bicyclic) bond motifs is 1. The predicted octanol–water partition coefficient (Wildman–Crippen LogP) is 6.53. The molecule has 188 valence electrons. The highest BCUT2D eigenvalue weighted by Crippen LogP contribution is 2.57. The van der Waals surface area contributed by atoms with Gasteiger partial charge in [-0.05, 0) is 84.5 Å². The molecule has 3 fully saturated rings. The fourth-order valence-corrected chi connectivity index (χ4v) is 5.96. The molecule has 5 heteroatoms. The Labute approximate surface area is 217 Å². The van der Waals surface area contributed by atoms with Crippen molar-refractivity contribution in [1.29, 1.82) is 0 Å². The van der Waals surface area contributed by atoms with E-state index in [9.17, 15) is 9.59 Å². The van der Waals surface area contributed by atoms with Crippen LogP contribution < -0.4 is 10.6 Å². The first-order chi connectivity index (χ1) is 17.9. The third-order valence-electron chi connectivity index (χ3n) is 8.23. The molecule has 1 heterocycles. The lowest BCUT2D eigenvalue weighted by Gasteiger charge is -2.61. The van der Waals surface area contributed by atoms with Gasteiger partial charge in [-0.25, -0.2) is 0 Å². The number of benzene rings is 3. The molecule has 3 saturated carbocycles. The largest absolute Gasteiger partial charge is 0.455 e. The van der Waals surface area contributed by atoms with Crippen molar-refractivity contribution in [2.45, 2.75) is 51.5 Å². The van der Waals surface area contributed by atoms with E-state index in [2.05, 4.69) is 36.6 Å². The van der Waals surface area contributed by atoms with Crippen LogP contribution in [0.3, 0.4) is 0 Å². The molecule has 0 atom stereocenters. The van der Waals surface area contributed by atoms with Crippen molar-refractivity contribution >= 4 is 22.8 Å². The van der Waals surface area contributed by atoms with E-state index < -0.39 is 0 Å². The third-order valence-corrected chi connectivity index (χ3v) is 8.23. The summed E-state index contributed by atoms with van der Waals surface area (Å²) in [6.07, 6.45) is 5.08. The molecule has 5 nitrogen and oxygen atoms in total. The molecule has 0 spiro atoms. The Bertz CT molecular complexity index is 1510. The minimum Gasteiger partial charge on any atom is -0.455 e. The second-order valence-corrected chi connectivity index (χ2v) is 10.6. The van der Waals surface area contributed by atoms with E-state index in [4.69, 9.17) is 4.42 Å².